The van der Waals surface area contributed by atoms with Crippen molar-refractivity contribution in [3.05, 3.63) is 37.7 Å². The van der Waals surface area contributed by atoms with Crippen LogP contribution < -0.4 is 10.9 Å². The number of aromatic amines is 1. The SMILES string of the molecule is Cc1cc(=O)[nH]c(S[C@H](C)C(=O)NCCCc2nc(C)c(C)s2)n1. The van der Waals surface area contributed by atoms with Gasteiger partial charge in [0.05, 0.1) is 16.0 Å². The molecule has 0 saturated heterocycles. The minimum absolute atomic E-state index is 0.0596. The van der Waals surface area contributed by atoms with Crippen molar-refractivity contribution in [1.82, 2.24) is 20.3 Å². The van der Waals surface area contributed by atoms with E-state index in [0.717, 1.165) is 23.5 Å². The van der Waals surface area contributed by atoms with Crippen molar-refractivity contribution in [1.29, 1.82) is 0 Å². The maximum atomic E-state index is 12.1. The molecule has 2 N–H and O–H groups in total. The highest BCUT2D eigenvalue weighted by molar-refractivity contribution is 8.00. The number of nitrogens with one attached hydrogen (secondary N) is 2. The number of nitrogens with zero attached hydrogens (tertiary/aromatic N) is 2. The van der Waals surface area contributed by atoms with E-state index in [1.54, 1.807) is 25.2 Å². The average Bonchev–Trinajstić information content (AvgIpc) is 2.80. The van der Waals surface area contributed by atoms with E-state index in [1.165, 1.54) is 22.7 Å². The molecule has 2 heterocycles. The summed E-state index contributed by atoms with van der Waals surface area (Å²) in [5.41, 5.74) is 1.53. The van der Waals surface area contributed by atoms with Gasteiger partial charge in [-0.15, -0.1) is 11.3 Å². The molecule has 0 bridgehead atoms. The third-order valence-electron chi connectivity index (χ3n) is 3.45. The third-order valence-corrected chi connectivity index (χ3v) is 5.56. The number of carbonyl (C=O) groups excluding carboxylic acids is 1. The smallest absolute Gasteiger partial charge is 0.251 e. The molecule has 6 nitrogen and oxygen atoms in total. The number of aryl methyl sites for hydroxylation is 4. The molecule has 0 fully saturated rings. The van der Waals surface area contributed by atoms with Crippen LogP contribution in [0.25, 0.3) is 0 Å². The van der Waals surface area contributed by atoms with Gasteiger partial charge in [0.2, 0.25) is 5.91 Å². The molecule has 0 aliphatic rings. The van der Waals surface area contributed by atoms with E-state index >= 15 is 0 Å². The lowest BCUT2D eigenvalue weighted by Gasteiger charge is -2.11. The van der Waals surface area contributed by atoms with E-state index in [1.807, 2.05) is 6.92 Å². The number of hydrogen-bond acceptors (Lipinski definition) is 6. The van der Waals surface area contributed by atoms with Crippen LogP contribution in [0.4, 0.5) is 0 Å². The Bertz CT molecular complexity index is 750. The Balaban J connectivity index is 1.76. The molecule has 2 aromatic rings. The van der Waals surface area contributed by atoms with E-state index < -0.39 is 0 Å². The quantitative estimate of drug-likeness (QED) is 0.446. The van der Waals surface area contributed by atoms with Crippen molar-refractivity contribution in [2.75, 3.05) is 6.54 Å². The van der Waals surface area contributed by atoms with E-state index in [9.17, 15) is 9.59 Å². The molecule has 0 unspecified atom stereocenters. The molecule has 0 radical (unpaired) electrons. The molecule has 0 aromatic carbocycles. The number of rotatable bonds is 7. The average molecular weight is 367 g/mol. The predicted molar refractivity (Wildman–Crippen MR) is 97.8 cm³/mol. The van der Waals surface area contributed by atoms with Gasteiger partial charge in [0.1, 0.15) is 0 Å². The molecular weight excluding hydrogens is 344 g/mol. The summed E-state index contributed by atoms with van der Waals surface area (Å²) in [7, 11) is 0. The van der Waals surface area contributed by atoms with Crippen molar-refractivity contribution in [2.24, 2.45) is 0 Å². The second-order valence-corrected chi connectivity index (χ2v) is 8.21. The van der Waals surface area contributed by atoms with E-state index in [-0.39, 0.29) is 16.7 Å². The lowest BCUT2D eigenvalue weighted by molar-refractivity contribution is -0.120. The molecule has 1 amide bonds. The maximum Gasteiger partial charge on any atom is 0.251 e. The van der Waals surface area contributed by atoms with Gasteiger partial charge in [0.25, 0.3) is 5.56 Å². The summed E-state index contributed by atoms with van der Waals surface area (Å²) in [6, 6.07) is 1.43. The Kier molecular flexibility index (Phi) is 6.56. The standard InChI is InChI=1S/C16H22N4O2S2/c1-9-8-13(21)20-16(18-9)24-12(4)15(22)17-7-5-6-14-19-10(2)11(3)23-14/h8,12H,5-7H2,1-4H3,(H,17,22)(H,18,20,21)/t12-/m1/s1. The van der Waals surface area contributed by atoms with Crippen LogP contribution in [0.15, 0.2) is 16.0 Å². The number of hydrogen-bond donors (Lipinski definition) is 2. The van der Waals surface area contributed by atoms with Crippen LogP contribution in [0.3, 0.4) is 0 Å². The van der Waals surface area contributed by atoms with Crippen LogP contribution in [0.5, 0.6) is 0 Å². The molecule has 0 saturated carbocycles. The minimum Gasteiger partial charge on any atom is -0.355 e. The molecule has 2 aromatic heterocycles. The Morgan fingerprint density at radius 1 is 1.38 bits per heavy atom. The predicted octanol–water partition coefficient (Wildman–Crippen LogP) is 2.38. The van der Waals surface area contributed by atoms with Gasteiger partial charge in [-0.2, -0.15) is 0 Å². The van der Waals surface area contributed by atoms with Gasteiger partial charge in [-0.3, -0.25) is 9.59 Å². The van der Waals surface area contributed by atoms with Crippen molar-refractivity contribution in [3.63, 3.8) is 0 Å². The first-order chi connectivity index (χ1) is 11.3. The molecule has 8 heteroatoms. The monoisotopic (exact) mass is 366 g/mol. The molecule has 0 aliphatic carbocycles. The summed E-state index contributed by atoms with van der Waals surface area (Å²) in [6.45, 7) is 8.25. The van der Waals surface area contributed by atoms with Gasteiger partial charge in [-0.05, 0) is 34.1 Å². The molecule has 0 spiro atoms. The molecule has 1 atom stereocenters. The highest BCUT2D eigenvalue weighted by Gasteiger charge is 2.15. The first-order valence-electron chi connectivity index (χ1n) is 7.80. The molecular formula is C16H22N4O2S2. The Labute approximate surface area is 149 Å². The number of carbonyl (C=O) groups is 1. The summed E-state index contributed by atoms with van der Waals surface area (Å²) >= 11 is 2.96. The zero-order valence-electron chi connectivity index (χ0n) is 14.3. The highest BCUT2D eigenvalue weighted by atomic mass is 32.2. The number of H-pyrrole nitrogens is 1. The van der Waals surface area contributed by atoms with Crippen LogP contribution >= 0.6 is 23.1 Å². The largest absolute Gasteiger partial charge is 0.355 e. The fraction of sp³-hybridized carbons (Fsp3) is 0.500. The summed E-state index contributed by atoms with van der Waals surface area (Å²) in [6.07, 6.45) is 1.73. The zero-order valence-corrected chi connectivity index (χ0v) is 15.9. The van der Waals surface area contributed by atoms with Crippen LogP contribution in [0.2, 0.25) is 0 Å². The number of amides is 1. The van der Waals surface area contributed by atoms with Crippen LogP contribution in [0.1, 0.15) is 34.6 Å². The molecule has 24 heavy (non-hydrogen) atoms. The summed E-state index contributed by atoms with van der Waals surface area (Å²) in [4.78, 5) is 36.1. The summed E-state index contributed by atoms with van der Waals surface area (Å²) in [5, 5.41) is 4.18. The fourth-order valence-electron chi connectivity index (χ4n) is 2.07. The first-order valence-corrected chi connectivity index (χ1v) is 9.50. The molecule has 2 rings (SSSR count). The number of thioether (sulfide) groups is 1. The van der Waals surface area contributed by atoms with Crippen LogP contribution in [-0.2, 0) is 11.2 Å². The second-order valence-electron chi connectivity index (χ2n) is 5.60. The lowest BCUT2D eigenvalue weighted by Crippen LogP contribution is -2.32. The Morgan fingerprint density at radius 2 is 2.12 bits per heavy atom. The Morgan fingerprint density at radius 3 is 2.75 bits per heavy atom. The van der Waals surface area contributed by atoms with Crippen molar-refractivity contribution in [2.45, 2.75) is 50.9 Å². The van der Waals surface area contributed by atoms with E-state index in [4.69, 9.17) is 0 Å². The van der Waals surface area contributed by atoms with E-state index in [2.05, 4.69) is 27.2 Å². The summed E-state index contributed by atoms with van der Waals surface area (Å²) in [5.74, 6) is -0.0596. The number of aromatic nitrogens is 3. The van der Waals surface area contributed by atoms with Crippen molar-refractivity contribution in [3.8, 4) is 0 Å². The third kappa shape index (κ3) is 5.45. The van der Waals surface area contributed by atoms with Crippen molar-refractivity contribution < 1.29 is 4.79 Å². The fourth-order valence-corrected chi connectivity index (χ4v) is 3.93. The molecule has 130 valence electrons. The van der Waals surface area contributed by atoms with Gasteiger partial charge < -0.3 is 10.3 Å². The highest BCUT2D eigenvalue weighted by Crippen LogP contribution is 2.19. The van der Waals surface area contributed by atoms with Gasteiger partial charge in [0, 0.05) is 29.6 Å². The topological polar surface area (TPSA) is 87.7 Å². The van der Waals surface area contributed by atoms with E-state index in [0.29, 0.717) is 17.4 Å². The second kappa shape index (κ2) is 8.43. The van der Waals surface area contributed by atoms with Gasteiger partial charge in [-0.1, -0.05) is 11.8 Å². The number of thiazole rings is 1. The lowest BCUT2D eigenvalue weighted by atomic mass is 10.3. The van der Waals surface area contributed by atoms with Crippen LogP contribution in [-0.4, -0.2) is 32.7 Å². The maximum absolute atomic E-state index is 12.1. The van der Waals surface area contributed by atoms with Gasteiger partial charge in [0.15, 0.2) is 5.16 Å². The normalized spacial score (nSPS) is 12.2. The first kappa shape index (κ1) is 18.7. The van der Waals surface area contributed by atoms with Crippen molar-refractivity contribution >= 4 is 29.0 Å². The summed E-state index contributed by atoms with van der Waals surface area (Å²) < 4.78 is 0. The minimum atomic E-state index is -0.320. The van der Waals surface area contributed by atoms with Crippen LogP contribution in [0, 0.1) is 20.8 Å². The van der Waals surface area contributed by atoms with Gasteiger partial charge in [-0.25, -0.2) is 9.97 Å². The Hall–Kier alpha value is -1.67. The zero-order chi connectivity index (χ0) is 17.7. The molecule has 0 aliphatic heterocycles. The van der Waals surface area contributed by atoms with Gasteiger partial charge >= 0.3 is 0 Å².